The van der Waals surface area contributed by atoms with Gasteiger partial charge in [0.05, 0.1) is 11.7 Å². The van der Waals surface area contributed by atoms with Gasteiger partial charge in [0.15, 0.2) is 0 Å². The first-order chi connectivity index (χ1) is 12.0. The summed E-state index contributed by atoms with van der Waals surface area (Å²) in [6, 6.07) is 3.45. The Kier molecular flexibility index (Phi) is 5.53. The third kappa shape index (κ3) is 4.28. The van der Waals surface area contributed by atoms with Gasteiger partial charge < -0.3 is 19.3 Å². The van der Waals surface area contributed by atoms with Crippen LogP contribution >= 0.6 is 0 Å². The van der Waals surface area contributed by atoms with Crippen molar-refractivity contribution in [3.05, 3.63) is 23.9 Å². The number of pyridine rings is 1. The molecule has 1 unspecified atom stereocenters. The van der Waals surface area contributed by atoms with Crippen LogP contribution in [0.5, 0.6) is 5.88 Å². The van der Waals surface area contributed by atoms with Crippen LogP contribution in [0.15, 0.2) is 18.3 Å². The highest BCUT2D eigenvalue weighted by atomic mass is 16.5. The monoisotopic (exact) mass is 347 g/mol. The largest absolute Gasteiger partial charge is 0.475 e. The molecule has 25 heavy (non-hydrogen) atoms. The van der Waals surface area contributed by atoms with E-state index in [1.807, 2.05) is 13.8 Å². The van der Waals surface area contributed by atoms with Crippen LogP contribution in [-0.2, 0) is 9.53 Å². The fourth-order valence-electron chi connectivity index (χ4n) is 3.11. The van der Waals surface area contributed by atoms with Crippen molar-refractivity contribution < 1.29 is 19.1 Å². The lowest BCUT2D eigenvalue weighted by atomic mass is 10.2. The predicted octanol–water partition coefficient (Wildman–Crippen LogP) is 1.33. The summed E-state index contributed by atoms with van der Waals surface area (Å²) < 4.78 is 10.9. The molecule has 0 N–H and O–H groups in total. The van der Waals surface area contributed by atoms with Crippen molar-refractivity contribution in [1.82, 2.24) is 14.8 Å². The first-order valence-electron chi connectivity index (χ1n) is 8.87. The molecule has 0 radical (unpaired) electrons. The van der Waals surface area contributed by atoms with Crippen molar-refractivity contribution in [2.24, 2.45) is 0 Å². The van der Waals surface area contributed by atoms with Crippen LogP contribution in [0.4, 0.5) is 0 Å². The van der Waals surface area contributed by atoms with Crippen molar-refractivity contribution in [2.45, 2.75) is 38.9 Å². The molecule has 136 valence electrons. The number of piperazine rings is 1. The zero-order chi connectivity index (χ0) is 17.8. The average Bonchev–Trinajstić information content (AvgIpc) is 3.15. The molecule has 2 fully saturated rings. The van der Waals surface area contributed by atoms with Gasteiger partial charge in [-0.2, -0.15) is 0 Å². The van der Waals surface area contributed by atoms with Crippen LogP contribution in [0.2, 0.25) is 0 Å². The van der Waals surface area contributed by atoms with E-state index in [2.05, 4.69) is 4.98 Å². The van der Waals surface area contributed by atoms with E-state index < -0.39 is 0 Å². The molecule has 0 aliphatic carbocycles. The second-order valence-corrected chi connectivity index (χ2v) is 6.67. The maximum Gasteiger partial charge on any atom is 0.255 e. The normalized spacial score (nSPS) is 20.8. The molecule has 2 amide bonds. The van der Waals surface area contributed by atoms with Gasteiger partial charge in [-0.15, -0.1) is 0 Å². The van der Waals surface area contributed by atoms with Crippen LogP contribution in [0, 0.1) is 0 Å². The lowest BCUT2D eigenvalue weighted by Crippen LogP contribution is -2.52. The molecule has 0 saturated carbocycles. The first-order valence-corrected chi connectivity index (χ1v) is 8.87. The highest BCUT2D eigenvalue weighted by Gasteiger charge is 2.31. The number of hydrogen-bond donors (Lipinski definition) is 0. The minimum Gasteiger partial charge on any atom is -0.475 e. The Morgan fingerprint density at radius 3 is 2.48 bits per heavy atom. The van der Waals surface area contributed by atoms with E-state index in [0.717, 1.165) is 12.8 Å². The molecule has 2 aliphatic heterocycles. The number of aromatic nitrogens is 1. The molecular weight excluding hydrogens is 322 g/mol. The highest BCUT2D eigenvalue weighted by molar-refractivity contribution is 5.94. The molecule has 0 bridgehead atoms. The standard InChI is InChI=1S/C18H25N3O4/c1-13(2)25-16-6-5-14(12-19-16)17(22)20-7-9-21(10-8-20)18(23)15-4-3-11-24-15/h5-6,12-13,15H,3-4,7-11H2,1-2H3. The molecule has 1 aromatic heterocycles. The predicted molar refractivity (Wildman–Crippen MR) is 91.5 cm³/mol. The Balaban J connectivity index is 1.53. The highest BCUT2D eigenvalue weighted by Crippen LogP contribution is 2.17. The van der Waals surface area contributed by atoms with E-state index in [-0.39, 0.29) is 24.0 Å². The van der Waals surface area contributed by atoms with E-state index in [0.29, 0.717) is 44.2 Å². The Labute approximate surface area is 147 Å². The molecule has 3 rings (SSSR count). The first kappa shape index (κ1) is 17.7. The number of ether oxygens (including phenoxy) is 2. The van der Waals surface area contributed by atoms with Crippen LogP contribution in [-0.4, -0.2) is 71.6 Å². The van der Waals surface area contributed by atoms with Gasteiger partial charge in [-0.3, -0.25) is 9.59 Å². The van der Waals surface area contributed by atoms with Crippen molar-refractivity contribution in [3.8, 4) is 5.88 Å². The van der Waals surface area contributed by atoms with Gasteiger partial charge in [-0.1, -0.05) is 0 Å². The van der Waals surface area contributed by atoms with Crippen molar-refractivity contribution >= 4 is 11.8 Å². The molecular formula is C18H25N3O4. The zero-order valence-corrected chi connectivity index (χ0v) is 14.8. The molecule has 0 aromatic carbocycles. The van der Waals surface area contributed by atoms with Crippen LogP contribution in [0.25, 0.3) is 0 Å². The van der Waals surface area contributed by atoms with E-state index in [9.17, 15) is 9.59 Å². The molecule has 7 heteroatoms. The summed E-state index contributed by atoms with van der Waals surface area (Å²) in [5, 5.41) is 0. The third-order valence-electron chi connectivity index (χ3n) is 4.42. The van der Waals surface area contributed by atoms with Gasteiger partial charge >= 0.3 is 0 Å². The van der Waals surface area contributed by atoms with Gasteiger partial charge in [-0.05, 0) is 32.8 Å². The molecule has 3 heterocycles. The van der Waals surface area contributed by atoms with Gasteiger partial charge in [-0.25, -0.2) is 4.98 Å². The fraction of sp³-hybridized carbons (Fsp3) is 0.611. The Hall–Kier alpha value is -2.15. The number of amides is 2. The fourth-order valence-corrected chi connectivity index (χ4v) is 3.11. The van der Waals surface area contributed by atoms with E-state index >= 15 is 0 Å². The number of carbonyl (C=O) groups excluding carboxylic acids is 2. The van der Waals surface area contributed by atoms with E-state index in [4.69, 9.17) is 9.47 Å². The SMILES string of the molecule is CC(C)Oc1ccc(C(=O)N2CCN(C(=O)C3CCCO3)CC2)cn1. The number of hydrogen-bond acceptors (Lipinski definition) is 5. The average molecular weight is 347 g/mol. The molecule has 1 aromatic rings. The zero-order valence-electron chi connectivity index (χ0n) is 14.8. The van der Waals surface area contributed by atoms with Crippen LogP contribution < -0.4 is 4.74 Å². The minimum absolute atomic E-state index is 0.0449. The molecule has 0 spiro atoms. The van der Waals surface area contributed by atoms with Crippen LogP contribution in [0.1, 0.15) is 37.0 Å². The summed E-state index contributed by atoms with van der Waals surface area (Å²) in [4.78, 5) is 32.7. The maximum absolute atomic E-state index is 12.6. The molecule has 7 nitrogen and oxygen atoms in total. The number of rotatable bonds is 4. The summed E-state index contributed by atoms with van der Waals surface area (Å²) in [7, 11) is 0. The van der Waals surface area contributed by atoms with E-state index in [1.165, 1.54) is 0 Å². The van der Waals surface area contributed by atoms with Crippen molar-refractivity contribution in [1.29, 1.82) is 0 Å². The quantitative estimate of drug-likeness (QED) is 0.822. The second-order valence-electron chi connectivity index (χ2n) is 6.67. The molecule has 2 saturated heterocycles. The Morgan fingerprint density at radius 2 is 1.92 bits per heavy atom. The molecule has 2 aliphatic rings. The van der Waals surface area contributed by atoms with Crippen molar-refractivity contribution in [2.75, 3.05) is 32.8 Å². The number of carbonyl (C=O) groups is 2. The van der Waals surface area contributed by atoms with Gasteiger partial charge in [0.2, 0.25) is 5.88 Å². The molecule has 1 atom stereocenters. The van der Waals surface area contributed by atoms with Gasteiger partial charge in [0.1, 0.15) is 6.10 Å². The smallest absolute Gasteiger partial charge is 0.255 e. The summed E-state index contributed by atoms with van der Waals surface area (Å²) >= 11 is 0. The summed E-state index contributed by atoms with van der Waals surface area (Å²) in [5.41, 5.74) is 0.537. The van der Waals surface area contributed by atoms with Crippen LogP contribution in [0.3, 0.4) is 0 Å². The maximum atomic E-state index is 12.6. The topological polar surface area (TPSA) is 72.0 Å². The second kappa shape index (κ2) is 7.82. The van der Waals surface area contributed by atoms with Gasteiger partial charge in [0, 0.05) is 45.0 Å². The summed E-state index contributed by atoms with van der Waals surface area (Å²) in [6.07, 6.45) is 3.04. The lowest BCUT2D eigenvalue weighted by Gasteiger charge is -2.35. The lowest BCUT2D eigenvalue weighted by molar-refractivity contribution is -0.142. The van der Waals surface area contributed by atoms with Crippen molar-refractivity contribution in [3.63, 3.8) is 0 Å². The minimum atomic E-state index is -0.292. The number of nitrogens with zero attached hydrogens (tertiary/aromatic N) is 3. The van der Waals surface area contributed by atoms with Gasteiger partial charge in [0.25, 0.3) is 11.8 Å². The van der Waals surface area contributed by atoms with E-state index in [1.54, 1.807) is 28.1 Å². The third-order valence-corrected chi connectivity index (χ3v) is 4.42. The summed E-state index contributed by atoms with van der Waals surface area (Å²) in [5.74, 6) is 0.507. The Bertz CT molecular complexity index is 603. The Morgan fingerprint density at radius 1 is 1.20 bits per heavy atom. The summed E-state index contributed by atoms with van der Waals surface area (Å²) in [6.45, 7) is 6.68.